The number of carbonyl (C=O) groups excluding carboxylic acids is 1. The van der Waals surface area contributed by atoms with Gasteiger partial charge in [0.15, 0.2) is 0 Å². The van der Waals surface area contributed by atoms with E-state index < -0.39 is 0 Å². The van der Waals surface area contributed by atoms with Gasteiger partial charge in [-0.3, -0.25) is 9.78 Å². The summed E-state index contributed by atoms with van der Waals surface area (Å²) in [5.74, 6) is -0.0900. The fraction of sp³-hybridized carbons (Fsp3) is 0.148. The van der Waals surface area contributed by atoms with E-state index in [9.17, 15) is 4.79 Å². The third kappa shape index (κ3) is 5.58. The van der Waals surface area contributed by atoms with Crippen molar-refractivity contribution in [3.05, 3.63) is 103 Å². The van der Waals surface area contributed by atoms with E-state index in [0.717, 1.165) is 47.5 Å². The van der Waals surface area contributed by atoms with Crippen LogP contribution in [0.4, 0.5) is 0 Å². The highest BCUT2D eigenvalue weighted by molar-refractivity contribution is 5.91. The number of imidazole rings is 1. The van der Waals surface area contributed by atoms with Crippen LogP contribution in [0.1, 0.15) is 18.4 Å². The number of unbranched alkanes of at least 4 members (excludes halogenated alkanes) is 1. The van der Waals surface area contributed by atoms with Crippen molar-refractivity contribution in [2.45, 2.75) is 19.4 Å². The summed E-state index contributed by atoms with van der Waals surface area (Å²) in [5.41, 5.74) is 5.28. The maximum atomic E-state index is 12.0. The molecule has 0 fully saturated rings. The van der Waals surface area contributed by atoms with E-state index in [1.54, 1.807) is 24.5 Å². The van der Waals surface area contributed by atoms with Crippen LogP contribution >= 0.6 is 0 Å². The third-order valence-corrected chi connectivity index (χ3v) is 5.17. The maximum Gasteiger partial charge on any atom is 0.243 e. The van der Waals surface area contributed by atoms with E-state index in [4.69, 9.17) is 4.98 Å². The van der Waals surface area contributed by atoms with Gasteiger partial charge in [-0.15, -0.1) is 0 Å². The van der Waals surface area contributed by atoms with Crippen LogP contribution in [0.3, 0.4) is 0 Å². The molecular formula is C27H26N4O. The first kappa shape index (κ1) is 21.2. The van der Waals surface area contributed by atoms with Crippen LogP contribution in [0.5, 0.6) is 0 Å². The molecule has 5 nitrogen and oxygen atoms in total. The highest BCUT2D eigenvalue weighted by Crippen LogP contribution is 2.31. The number of rotatable bonds is 9. The van der Waals surface area contributed by atoms with Crippen LogP contribution in [-0.4, -0.2) is 27.0 Å². The number of amides is 1. The molecule has 5 heteroatoms. The summed E-state index contributed by atoms with van der Waals surface area (Å²) in [4.78, 5) is 20.8. The van der Waals surface area contributed by atoms with Crippen molar-refractivity contribution in [2.24, 2.45) is 0 Å². The first-order valence-corrected chi connectivity index (χ1v) is 10.8. The lowest BCUT2D eigenvalue weighted by Gasteiger charge is -2.11. The Labute approximate surface area is 188 Å². The van der Waals surface area contributed by atoms with Gasteiger partial charge in [0.05, 0.1) is 17.7 Å². The van der Waals surface area contributed by atoms with Gasteiger partial charge in [-0.1, -0.05) is 66.7 Å². The van der Waals surface area contributed by atoms with Gasteiger partial charge in [0, 0.05) is 42.7 Å². The molecule has 1 N–H and O–H groups in total. The molecule has 0 radical (unpaired) electrons. The number of carbonyl (C=O) groups is 1. The van der Waals surface area contributed by atoms with Gasteiger partial charge in [0.2, 0.25) is 5.91 Å². The lowest BCUT2D eigenvalue weighted by Crippen LogP contribution is -2.22. The van der Waals surface area contributed by atoms with Gasteiger partial charge in [-0.25, -0.2) is 4.98 Å². The molecule has 0 aliphatic heterocycles. The van der Waals surface area contributed by atoms with Gasteiger partial charge in [0.25, 0.3) is 0 Å². The summed E-state index contributed by atoms with van der Waals surface area (Å²) >= 11 is 0. The van der Waals surface area contributed by atoms with Crippen molar-refractivity contribution < 1.29 is 4.79 Å². The number of hydrogen-bond donors (Lipinski definition) is 1. The number of aromatic nitrogens is 3. The van der Waals surface area contributed by atoms with E-state index in [2.05, 4.69) is 51.3 Å². The predicted molar refractivity (Wildman–Crippen MR) is 129 cm³/mol. The SMILES string of the molecule is O=C(/C=C/c1cccnc1)NCCCCn1cnc(-c2ccccc2)c1-c1ccccc1. The molecule has 2 aromatic heterocycles. The summed E-state index contributed by atoms with van der Waals surface area (Å²) in [5, 5.41) is 2.95. The van der Waals surface area contributed by atoms with Gasteiger partial charge < -0.3 is 9.88 Å². The number of aryl methyl sites for hydroxylation is 1. The van der Waals surface area contributed by atoms with Gasteiger partial charge in [0.1, 0.15) is 0 Å². The third-order valence-electron chi connectivity index (χ3n) is 5.17. The molecule has 2 heterocycles. The highest BCUT2D eigenvalue weighted by atomic mass is 16.1. The fourth-order valence-electron chi connectivity index (χ4n) is 3.58. The Morgan fingerprint density at radius 3 is 2.38 bits per heavy atom. The molecule has 2 aromatic carbocycles. The van der Waals surface area contributed by atoms with Crippen LogP contribution in [0.25, 0.3) is 28.6 Å². The normalized spacial score (nSPS) is 11.0. The minimum Gasteiger partial charge on any atom is -0.353 e. The fourth-order valence-corrected chi connectivity index (χ4v) is 3.58. The molecule has 0 atom stereocenters. The van der Waals surface area contributed by atoms with Gasteiger partial charge in [-0.05, 0) is 30.5 Å². The number of benzene rings is 2. The Balaban J connectivity index is 1.35. The Bertz CT molecular complexity index is 1150. The zero-order valence-electron chi connectivity index (χ0n) is 17.9. The first-order chi connectivity index (χ1) is 15.8. The topological polar surface area (TPSA) is 59.8 Å². The maximum absolute atomic E-state index is 12.0. The quantitative estimate of drug-likeness (QED) is 0.297. The van der Waals surface area contributed by atoms with E-state index in [1.165, 1.54) is 0 Å². The minimum absolute atomic E-state index is 0.0900. The molecule has 32 heavy (non-hydrogen) atoms. The standard InChI is InChI=1S/C27H26N4O/c32-25(16-15-22-10-9-17-28-20-22)29-18-7-8-19-31-21-30-26(23-11-3-1-4-12-23)27(31)24-13-5-2-6-14-24/h1-6,9-17,20-21H,7-8,18-19H2,(H,29,32)/b16-15+. The largest absolute Gasteiger partial charge is 0.353 e. The molecule has 0 bridgehead atoms. The number of nitrogens with one attached hydrogen (secondary N) is 1. The summed E-state index contributed by atoms with van der Waals surface area (Å²) in [7, 11) is 0. The van der Waals surface area contributed by atoms with Crippen LogP contribution in [0.15, 0.2) is 97.6 Å². The number of hydrogen-bond acceptors (Lipinski definition) is 3. The summed E-state index contributed by atoms with van der Waals surface area (Å²) in [6, 6.07) is 24.4. The smallest absolute Gasteiger partial charge is 0.243 e. The average Bonchev–Trinajstić information content (AvgIpc) is 3.28. The van der Waals surface area contributed by atoms with Crippen LogP contribution in [-0.2, 0) is 11.3 Å². The molecule has 0 saturated heterocycles. The zero-order chi connectivity index (χ0) is 22.0. The van der Waals surface area contributed by atoms with Crippen LogP contribution in [0, 0.1) is 0 Å². The molecule has 0 spiro atoms. The first-order valence-electron chi connectivity index (χ1n) is 10.8. The van der Waals surface area contributed by atoms with Crippen molar-refractivity contribution in [1.82, 2.24) is 19.9 Å². The molecular weight excluding hydrogens is 396 g/mol. The van der Waals surface area contributed by atoms with Crippen molar-refractivity contribution >= 4 is 12.0 Å². The summed E-state index contributed by atoms with van der Waals surface area (Å²) < 4.78 is 2.21. The van der Waals surface area contributed by atoms with Crippen LogP contribution in [0.2, 0.25) is 0 Å². The second kappa shape index (κ2) is 10.9. The second-order valence-electron chi connectivity index (χ2n) is 7.49. The van der Waals surface area contributed by atoms with Gasteiger partial charge >= 0.3 is 0 Å². The Hall–Kier alpha value is -3.99. The van der Waals surface area contributed by atoms with E-state index in [0.29, 0.717) is 6.54 Å². The van der Waals surface area contributed by atoms with E-state index in [1.807, 2.05) is 42.7 Å². The average molecular weight is 423 g/mol. The molecule has 0 saturated carbocycles. The Kier molecular flexibility index (Phi) is 7.21. The minimum atomic E-state index is -0.0900. The molecule has 0 aliphatic carbocycles. The summed E-state index contributed by atoms with van der Waals surface area (Å²) in [6.07, 6.45) is 10.5. The molecule has 0 aliphatic rings. The van der Waals surface area contributed by atoms with Crippen molar-refractivity contribution in [3.63, 3.8) is 0 Å². The molecule has 160 valence electrons. The molecule has 1 amide bonds. The second-order valence-corrected chi connectivity index (χ2v) is 7.49. The van der Waals surface area contributed by atoms with Crippen molar-refractivity contribution in [3.8, 4) is 22.5 Å². The Morgan fingerprint density at radius 1 is 0.906 bits per heavy atom. The molecule has 0 unspecified atom stereocenters. The molecule has 4 rings (SSSR count). The monoisotopic (exact) mass is 422 g/mol. The predicted octanol–water partition coefficient (Wildman–Crippen LogP) is 5.22. The Morgan fingerprint density at radius 2 is 1.66 bits per heavy atom. The van der Waals surface area contributed by atoms with Crippen molar-refractivity contribution in [2.75, 3.05) is 6.54 Å². The van der Waals surface area contributed by atoms with Gasteiger partial charge in [-0.2, -0.15) is 0 Å². The zero-order valence-corrected chi connectivity index (χ0v) is 17.9. The number of nitrogens with zero attached hydrogens (tertiary/aromatic N) is 3. The molecule has 4 aromatic rings. The van der Waals surface area contributed by atoms with E-state index in [-0.39, 0.29) is 5.91 Å². The number of pyridine rings is 1. The van der Waals surface area contributed by atoms with Crippen LogP contribution < -0.4 is 5.32 Å². The lowest BCUT2D eigenvalue weighted by molar-refractivity contribution is -0.116. The highest BCUT2D eigenvalue weighted by Gasteiger charge is 2.14. The lowest BCUT2D eigenvalue weighted by atomic mass is 10.0. The van der Waals surface area contributed by atoms with E-state index >= 15 is 0 Å². The summed E-state index contributed by atoms with van der Waals surface area (Å²) in [6.45, 7) is 1.47. The van der Waals surface area contributed by atoms with Crippen molar-refractivity contribution in [1.29, 1.82) is 0 Å².